The van der Waals surface area contributed by atoms with Gasteiger partial charge in [-0.25, -0.2) is 0 Å². The van der Waals surface area contributed by atoms with E-state index in [4.69, 9.17) is 23.2 Å². The Hall–Kier alpha value is -3.87. The third-order valence-corrected chi connectivity index (χ3v) is 7.84. The van der Waals surface area contributed by atoms with Crippen LogP contribution < -0.4 is 10.2 Å². The lowest BCUT2D eigenvalue weighted by Crippen LogP contribution is -2.53. The summed E-state index contributed by atoms with van der Waals surface area (Å²) in [5.74, 6) is -0.639. The van der Waals surface area contributed by atoms with E-state index in [1.165, 1.54) is 9.80 Å². The summed E-state index contributed by atoms with van der Waals surface area (Å²) < 4.78 is 0. The maximum absolute atomic E-state index is 14.3. The Kier molecular flexibility index (Phi) is 8.62. The molecule has 0 bridgehead atoms. The topological polar surface area (TPSA) is 69.7 Å². The highest BCUT2D eigenvalue weighted by molar-refractivity contribution is 6.35. The van der Waals surface area contributed by atoms with Crippen molar-refractivity contribution in [1.82, 2.24) is 10.2 Å². The van der Waals surface area contributed by atoms with E-state index in [0.717, 1.165) is 16.3 Å². The van der Waals surface area contributed by atoms with E-state index in [2.05, 4.69) is 5.32 Å². The Bertz CT molecular complexity index is 1600. The van der Waals surface area contributed by atoms with Gasteiger partial charge in [0.15, 0.2) is 0 Å². The quantitative estimate of drug-likeness (QED) is 0.229. The summed E-state index contributed by atoms with van der Waals surface area (Å²) in [5, 5.41) is 5.64. The summed E-state index contributed by atoms with van der Waals surface area (Å²) in [6.45, 7) is 4.34. The molecule has 0 aromatic heterocycles. The molecule has 0 saturated heterocycles. The van der Waals surface area contributed by atoms with Crippen LogP contribution in [0.5, 0.6) is 0 Å². The van der Waals surface area contributed by atoms with Crippen LogP contribution in [0.4, 0.5) is 5.69 Å². The number of anilines is 1. The molecular weight excluding hydrogens is 557 g/mol. The fourth-order valence-electron chi connectivity index (χ4n) is 5.17. The monoisotopic (exact) mass is 587 g/mol. The van der Waals surface area contributed by atoms with E-state index >= 15 is 0 Å². The van der Waals surface area contributed by atoms with Crippen molar-refractivity contribution in [3.05, 3.63) is 112 Å². The molecule has 5 rings (SSSR count). The number of hydrogen-bond acceptors (Lipinski definition) is 3. The Balaban J connectivity index is 1.52. The van der Waals surface area contributed by atoms with Crippen LogP contribution >= 0.6 is 23.2 Å². The molecule has 0 spiro atoms. The predicted molar refractivity (Wildman–Crippen MR) is 164 cm³/mol. The van der Waals surface area contributed by atoms with Crippen LogP contribution in [0.1, 0.15) is 35.3 Å². The molecule has 3 amide bonds. The highest BCUT2D eigenvalue weighted by Crippen LogP contribution is 2.37. The largest absolute Gasteiger partial charge is 0.354 e. The molecule has 4 aromatic rings. The average molecular weight is 589 g/mol. The molecule has 1 N–H and O–H groups in total. The second-order valence-electron chi connectivity index (χ2n) is 10.7. The number of halogens is 2. The molecule has 1 aliphatic heterocycles. The summed E-state index contributed by atoms with van der Waals surface area (Å²) in [4.78, 5) is 44.5. The van der Waals surface area contributed by atoms with Crippen LogP contribution in [0, 0.1) is 5.92 Å². The first-order valence-corrected chi connectivity index (χ1v) is 14.4. The van der Waals surface area contributed by atoms with Gasteiger partial charge in [0.05, 0.1) is 5.69 Å². The number of benzene rings is 4. The Labute approximate surface area is 249 Å². The van der Waals surface area contributed by atoms with Crippen molar-refractivity contribution >= 4 is 57.4 Å². The number of carbonyl (C=O) groups excluding carboxylic acids is 3. The third kappa shape index (κ3) is 6.24. The molecule has 6 nitrogen and oxygen atoms in total. The summed E-state index contributed by atoms with van der Waals surface area (Å²) in [6.07, 6.45) is 0.297. The number of amides is 3. The molecule has 0 radical (unpaired) electrons. The highest BCUT2D eigenvalue weighted by Gasteiger charge is 2.36. The van der Waals surface area contributed by atoms with E-state index in [1.807, 2.05) is 74.5 Å². The van der Waals surface area contributed by atoms with E-state index < -0.39 is 6.04 Å². The molecule has 0 unspecified atom stereocenters. The van der Waals surface area contributed by atoms with Crippen molar-refractivity contribution in [2.45, 2.75) is 32.9 Å². The molecule has 0 saturated carbocycles. The normalized spacial score (nSPS) is 13.1. The number of nitrogens with one attached hydrogen (secondary N) is 1. The molecule has 210 valence electrons. The van der Waals surface area contributed by atoms with Gasteiger partial charge in [-0.1, -0.05) is 97.7 Å². The lowest BCUT2D eigenvalue weighted by Gasteiger charge is -2.33. The molecule has 0 aliphatic carbocycles. The van der Waals surface area contributed by atoms with Gasteiger partial charge in [0.25, 0.3) is 5.91 Å². The first kappa shape index (κ1) is 28.7. The predicted octanol–water partition coefficient (Wildman–Crippen LogP) is 6.52. The van der Waals surface area contributed by atoms with Gasteiger partial charge >= 0.3 is 0 Å². The fraction of sp³-hybridized carbons (Fsp3) is 0.242. The first-order valence-electron chi connectivity index (χ1n) is 13.6. The fourth-order valence-corrected chi connectivity index (χ4v) is 5.64. The van der Waals surface area contributed by atoms with Gasteiger partial charge in [-0.05, 0) is 46.7 Å². The van der Waals surface area contributed by atoms with Crippen molar-refractivity contribution in [2.24, 2.45) is 5.92 Å². The first-order chi connectivity index (χ1) is 19.7. The number of nitrogens with zero attached hydrogens (tertiary/aromatic N) is 2. The van der Waals surface area contributed by atoms with Crippen molar-refractivity contribution in [3.8, 4) is 0 Å². The van der Waals surface area contributed by atoms with Gasteiger partial charge in [0.2, 0.25) is 11.8 Å². The maximum Gasteiger partial charge on any atom is 0.259 e. The van der Waals surface area contributed by atoms with Gasteiger partial charge in [0, 0.05) is 40.5 Å². The minimum atomic E-state index is -0.841. The van der Waals surface area contributed by atoms with Crippen molar-refractivity contribution in [2.75, 3.05) is 18.0 Å². The van der Waals surface area contributed by atoms with Crippen LogP contribution in [0.25, 0.3) is 10.8 Å². The number of hydrogen-bond donors (Lipinski definition) is 1. The van der Waals surface area contributed by atoms with Crippen LogP contribution in [-0.4, -0.2) is 41.8 Å². The Morgan fingerprint density at radius 1 is 0.927 bits per heavy atom. The molecule has 8 heteroatoms. The summed E-state index contributed by atoms with van der Waals surface area (Å²) >= 11 is 12.7. The molecule has 41 heavy (non-hydrogen) atoms. The SMILES string of the molecule is CC(C)CNC(=O)[C@H](Cc1ccccc1)N(Cc1ccc(Cl)cc1Cl)C(=O)CN1C(=O)c2cccc3cccc1c23. The molecule has 1 heterocycles. The summed E-state index contributed by atoms with van der Waals surface area (Å²) in [6, 6.07) is 25.1. The zero-order valence-electron chi connectivity index (χ0n) is 22.9. The smallest absolute Gasteiger partial charge is 0.259 e. The molecular formula is C33H31Cl2N3O3. The summed E-state index contributed by atoms with van der Waals surface area (Å²) in [7, 11) is 0. The van der Waals surface area contributed by atoms with Crippen LogP contribution in [0.15, 0.2) is 84.9 Å². The second-order valence-corrected chi connectivity index (χ2v) is 11.5. The average Bonchev–Trinajstić information content (AvgIpc) is 3.23. The maximum atomic E-state index is 14.3. The molecule has 4 aromatic carbocycles. The highest BCUT2D eigenvalue weighted by atomic mass is 35.5. The van der Waals surface area contributed by atoms with Gasteiger partial charge in [-0.2, -0.15) is 0 Å². The lowest BCUT2D eigenvalue weighted by atomic mass is 10.0. The van der Waals surface area contributed by atoms with E-state index in [-0.39, 0.29) is 36.7 Å². The van der Waals surface area contributed by atoms with Crippen LogP contribution in [-0.2, 0) is 22.6 Å². The van der Waals surface area contributed by atoms with E-state index in [0.29, 0.717) is 39.8 Å². The summed E-state index contributed by atoms with van der Waals surface area (Å²) in [5.41, 5.74) is 2.81. The van der Waals surface area contributed by atoms with Gasteiger partial charge in [-0.15, -0.1) is 0 Å². The zero-order chi connectivity index (χ0) is 29.1. The molecule has 0 fully saturated rings. The molecule has 1 aliphatic rings. The van der Waals surface area contributed by atoms with Crippen molar-refractivity contribution < 1.29 is 14.4 Å². The van der Waals surface area contributed by atoms with Gasteiger partial charge in [-0.3, -0.25) is 19.3 Å². The minimum absolute atomic E-state index is 0.0701. The number of rotatable bonds is 10. The minimum Gasteiger partial charge on any atom is -0.354 e. The Morgan fingerprint density at radius 3 is 2.37 bits per heavy atom. The van der Waals surface area contributed by atoms with Crippen LogP contribution in [0.2, 0.25) is 10.0 Å². The second kappa shape index (κ2) is 12.3. The lowest BCUT2D eigenvalue weighted by molar-refractivity contribution is -0.140. The standard InChI is InChI=1S/C33H31Cl2N3O3/c1-21(2)18-36-32(40)29(16-22-8-4-3-5-9-22)37(19-24-14-15-25(34)17-27(24)35)30(39)20-38-28-13-7-11-23-10-6-12-26(31(23)28)33(38)41/h3-15,17,21,29H,16,18-20H2,1-2H3,(H,36,40)/t29-/m0/s1. The van der Waals surface area contributed by atoms with Crippen molar-refractivity contribution in [3.63, 3.8) is 0 Å². The Morgan fingerprint density at radius 2 is 1.66 bits per heavy atom. The van der Waals surface area contributed by atoms with Crippen LogP contribution in [0.3, 0.4) is 0 Å². The zero-order valence-corrected chi connectivity index (χ0v) is 24.5. The van der Waals surface area contributed by atoms with E-state index in [1.54, 1.807) is 24.3 Å². The number of carbonyl (C=O) groups is 3. The van der Waals surface area contributed by atoms with Gasteiger partial charge < -0.3 is 10.2 Å². The van der Waals surface area contributed by atoms with Gasteiger partial charge in [0.1, 0.15) is 12.6 Å². The third-order valence-electron chi connectivity index (χ3n) is 7.25. The molecule has 1 atom stereocenters. The van der Waals surface area contributed by atoms with Crippen molar-refractivity contribution in [1.29, 1.82) is 0 Å². The van der Waals surface area contributed by atoms with E-state index in [9.17, 15) is 14.4 Å².